The second kappa shape index (κ2) is 7.55. The summed E-state index contributed by atoms with van der Waals surface area (Å²) in [5.74, 6) is -0.0252. The van der Waals surface area contributed by atoms with Gasteiger partial charge in [-0.1, -0.05) is 48.0 Å². The molecular weight excluding hydrogens is 446 g/mol. The normalized spacial score (nSPS) is 18.4. The Morgan fingerprint density at radius 1 is 1.00 bits per heavy atom. The lowest BCUT2D eigenvalue weighted by Gasteiger charge is -2.35. The van der Waals surface area contributed by atoms with E-state index in [-0.39, 0.29) is 17.2 Å². The van der Waals surface area contributed by atoms with Crippen LogP contribution >= 0.6 is 0 Å². The molecule has 6 nitrogen and oxygen atoms in total. The maximum Gasteiger partial charge on any atom is 0.244 e. The summed E-state index contributed by atoms with van der Waals surface area (Å²) in [5.41, 5.74) is 6.70. The number of carbonyl (C=O) groups is 1. The number of amides is 1. The Labute approximate surface area is 198 Å². The van der Waals surface area contributed by atoms with E-state index in [1.54, 1.807) is 34.5 Å². The van der Waals surface area contributed by atoms with E-state index in [9.17, 15) is 13.2 Å². The van der Waals surface area contributed by atoms with Gasteiger partial charge in [-0.3, -0.25) is 4.79 Å². The molecule has 172 valence electrons. The molecule has 34 heavy (non-hydrogen) atoms. The molecule has 1 aromatic heterocycles. The van der Waals surface area contributed by atoms with Gasteiger partial charge >= 0.3 is 0 Å². The molecule has 2 aliphatic heterocycles. The Hall–Kier alpha value is -3.42. The highest BCUT2D eigenvalue weighted by atomic mass is 32.2. The van der Waals surface area contributed by atoms with Gasteiger partial charge in [-0.05, 0) is 54.3 Å². The smallest absolute Gasteiger partial charge is 0.244 e. The van der Waals surface area contributed by atoms with Gasteiger partial charge in [0.1, 0.15) is 0 Å². The third-order valence-corrected chi connectivity index (χ3v) is 8.98. The number of carbonyl (C=O) groups excluding carboxylic acids is 1. The lowest BCUT2D eigenvalue weighted by atomic mass is 9.94. The molecule has 0 saturated carbocycles. The molecule has 0 unspecified atom stereocenters. The quantitative estimate of drug-likeness (QED) is 0.483. The minimum absolute atomic E-state index is 0.0252. The van der Waals surface area contributed by atoms with Crippen LogP contribution in [0.2, 0.25) is 0 Å². The summed E-state index contributed by atoms with van der Waals surface area (Å²) in [6, 6.07) is 20.8. The van der Waals surface area contributed by atoms with E-state index < -0.39 is 16.1 Å². The summed E-state index contributed by atoms with van der Waals surface area (Å²) >= 11 is 0. The topological polar surface area (TPSA) is 73.5 Å². The van der Waals surface area contributed by atoms with Gasteiger partial charge in [-0.2, -0.15) is 4.31 Å². The molecule has 3 aromatic carbocycles. The van der Waals surface area contributed by atoms with Crippen LogP contribution in [-0.4, -0.2) is 37.2 Å². The van der Waals surface area contributed by atoms with Gasteiger partial charge in [-0.25, -0.2) is 8.42 Å². The first kappa shape index (κ1) is 21.1. The van der Waals surface area contributed by atoms with Crippen LogP contribution in [0.5, 0.6) is 0 Å². The van der Waals surface area contributed by atoms with Crippen molar-refractivity contribution in [2.75, 3.05) is 18.5 Å². The van der Waals surface area contributed by atoms with Gasteiger partial charge in [0.2, 0.25) is 15.9 Å². The van der Waals surface area contributed by atoms with Crippen molar-refractivity contribution in [3.63, 3.8) is 0 Å². The second-order valence-electron chi connectivity index (χ2n) is 9.16. The summed E-state index contributed by atoms with van der Waals surface area (Å²) < 4.78 is 29.7. The first-order valence-electron chi connectivity index (χ1n) is 11.4. The van der Waals surface area contributed by atoms with Crippen molar-refractivity contribution in [3.05, 3.63) is 94.7 Å². The summed E-state index contributed by atoms with van der Waals surface area (Å²) in [6.07, 6.45) is 0.857. The number of sulfonamides is 1. The number of hydrogen-bond donors (Lipinski definition) is 1. The standard InChI is InChI=1S/C27H25N3O3S/c1-17-7-9-18(10-8-17)27-26-22(21-5-3-4-6-23(21)28-26)13-14-30(27)34(32,33)20-11-12-24-19(15-20)16-25(31)29(24)2/h3-12,15,27-28H,13-14,16H2,1-2H3/t27-/m0/s1. The van der Waals surface area contributed by atoms with Gasteiger partial charge in [0.05, 0.1) is 17.4 Å². The van der Waals surface area contributed by atoms with E-state index in [1.165, 1.54) is 5.56 Å². The van der Waals surface area contributed by atoms with Crippen molar-refractivity contribution in [2.24, 2.45) is 0 Å². The number of likely N-dealkylation sites (N-methyl/N-ethyl adjacent to an activating group) is 1. The van der Waals surface area contributed by atoms with Crippen molar-refractivity contribution in [2.45, 2.75) is 30.7 Å². The number of H-pyrrole nitrogens is 1. The van der Waals surface area contributed by atoms with Crippen LogP contribution in [0, 0.1) is 6.92 Å². The maximum atomic E-state index is 14.0. The van der Waals surface area contributed by atoms with Gasteiger partial charge < -0.3 is 9.88 Å². The zero-order valence-corrected chi connectivity index (χ0v) is 19.9. The number of hydrogen-bond acceptors (Lipinski definition) is 3. The Morgan fingerprint density at radius 2 is 1.76 bits per heavy atom. The fraction of sp³-hybridized carbons (Fsp3) is 0.222. The third kappa shape index (κ3) is 3.11. The molecule has 4 aromatic rings. The van der Waals surface area contributed by atoms with Crippen LogP contribution < -0.4 is 4.90 Å². The molecule has 0 saturated heterocycles. The zero-order valence-electron chi connectivity index (χ0n) is 19.1. The summed E-state index contributed by atoms with van der Waals surface area (Å²) in [7, 11) is -2.10. The molecule has 0 bridgehead atoms. The Kier molecular flexibility index (Phi) is 4.69. The Bertz CT molecular complexity index is 1550. The number of benzene rings is 3. The number of fused-ring (bicyclic) bond motifs is 4. The van der Waals surface area contributed by atoms with Crippen LogP contribution in [0.15, 0.2) is 71.6 Å². The maximum absolute atomic E-state index is 14.0. The van der Waals surface area contributed by atoms with E-state index in [0.717, 1.165) is 39.0 Å². The minimum Gasteiger partial charge on any atom is -0.357 e. The van der Waals surface area contributed by atoms with E-state index >= 15 is 0 Å². The zero-order chi connectivity index (χ0) is 23.6. The summed E-state index contributed by atoms with van der Waals surface area (Å²) in [4.78, 5) is 17.5. The second-order valence-corrected chi connectivity index (χ2v) is 11.1. The first-order chi connectivity index (χ1) is 16.3. The lowest BCUT2D eigenvalue weighted by molar-refractivity contribution is -0.117. The third-order valence-electron chi connectivity index (χ3n) is 7.12. The Morgan fingerprint density at radius 3 is 2.56 bits per heavy atom. The molecule has 0 aliphatic carbocycles. The average molecular weight is 472 g/mol. The lowest BCUT2D eigenvalue weighted by Crippen LogP contribution is -2.40. The highest BCUT2D eigenvalue weighted by molar-refractivity contribution is 7.89. The van der Waals surface area contributed by atoms with E-state index in [0.29, 0.717) is 13.0 Å². The van der Waals surface area contributed by atoms with Gasteiger partial charge in [0.25, 0.3) is 0 Å². The summed E-state index contributed by atoms with van der Waals surface area (Å²) in [5, 5.41) is 1.14. The molecule has 3 heterocycles. The van der Waals surface area contributed by atoms with Crippen LogP contribution in [0.3, 0.4) is 0 Å². The number of nitrogens with one attached hydrogen (secondary N) is 1. The molecule has 1 N–H and O–H groups in total. The number of aromatic nitrogens is 1. The molecule has 1 atom stereocenters. The average Bonchev–Trinajstić information content (AvgIpc) is 3.35. The largest absolute Gasteiger partial charge is 0.357 e. The van der Waals surface area contributed by atoms with Crippen molar-refractivity contribution in [1.82, 2.24) is 9.29 Å². The number of rotatable bonds is 3. The van der Waals surface area contributed by atoms with E-state index in [2.05, 4.69) is 11.1 Å². The SMILES string of the molecule is Cc1ccc([C@H]2c3[nH]c4ccccc4c3CCN2S(=O)(=O)c2ccc3c(c2)CC(=O)N3C)cc1. The number of aryl methyl sites for hydroxylation is 1. The summed E-state index contributed by atoms with van der Waals surface area (Å²) in [6.45, 7) is 2.40. The fourth-order valence-electron chi connectivity index (χ4n) is 5.30. The number of para-hydroxylation sites is 1. The number of anilines is 1. The predicted octanol–water partition coefficient (Wildman–Crippen LogP) is 4.33. The van der Waals surface area contributed by atoms with Crippen LogP contribution in [-0.2, 0) is 27.7 Å². The van der Waals surface area contributed by atoms with Crippen molar-refractivity contribution >= 4 is 32.5 Å². The highest BCUT2D eigenvalue weighted by Gasteiger charge is 2.39. The van der Waals surface area contributed by atoms with E-state index in [1.807, 2.05) is 49.4 Å². The number of aromatic amines is 1. The van der Waals surface area contributed by atoms with Crippen molar-refractivity contribution < 1.29 is 13.2 Å². The molecule has 7 heteroatoms. The van der Waals surface area contributed by atoms with Gasteiger partial charge in [-0.15, -0.1) is 0 Å². The van der Waals surface area contributed by atoms with Crippen LogP contribution in [0.25, 0.3) is 10.9 Å². The molecule has 0 spiro atoms. The highest BCUT2D eigenvalue weighted by Crippen LogP contribution is 2.42. The Balaban J connectivity index is 1.50. The molecule has 6 rings (SSSR count). The monoisotopic (exact) mass is 471 g/mol. The van der Waals surface area contributed by atoms with Crippen molar-refractivity contribution in [1.29, 1.82) is 0 Å². The molecule has 0 fully saturated rings. The van der Waals surface area contributed by atoms with Crippen LogP contribution in [0.4, 0.5) is 5.69 Å². The first-order valence-corrected chi connectivity index (χ1v) is 12.9. The molecule has 1 amide bonds. The molecule has 0 radical (unpaired) electrons. The molecule has 2 aliphatic rings. The van der Waals surface area contributed by atoms with Gasteiger partial charge in [0.15, 0.2) is 0 Å². The van der Waals surface area contributed by atoms with Gasteiger partial charge in [0, 0.05) is 35.9 Å². The van der Waals surface area contributed by atoms with E-state index in [4.69, 9.17) is 0 Å². The number of nitrogens with zero attached hydrogens (tertiary/aromatic N) is 2. The minimum atomic E-state index is -3.82. The fourth-order valence-corrected chi connectivity index (χ4v) is 6.94. The predicted molar refractivity (Wildman–Crippen MR) is 132 cm³/mol. The van der Waals surface area contributed by atoms with Crippen LogP contribution in [0.1, 0.15) is 34.0 Å². The molecular formula is C27H25N3O3S. The van der Waals surface area contributed by atoms with Crippen molar-refractivity contribution in [3.8, 4) is 0 Å².